The number of rotatable bonds is 4. The molecule has 0 aromatic rings. The Morgan fingerprint density at radius 3 is 2.20 bits per heavy atom. The van der Waals surface area contributed by atoms with E-state index in [9.17, 15) is 0 Å². The van der Waals surface area contributed by atoms with E-state index >= 15 is 0 Å². The molecule has 0 rings (SSSR count). The number of alkyl halides is 4. The van der Waals surface area contributed by atoms with Gasteiger partial charge in [0.1, 0.15) is 4.33 Å². The number of halogens is 4. The molecule has 0 aliphatic rings. The van der Waals surface area contributed by atoms with Crippen LogP contribution in [0.25, 0.3) is 0 Å². The van der Waals surface area contributed by atoms with Crippen molar-refractivity contribution in [1.29, 1.82) is 0 Å². The molecule has 1 nitrogen and oxygen atoms in total. The van der Waals surface area contributed by atoms with Crippen LogP contribution in [-0.2, 0) is 0 Å². The molecule has 1 unspecified atom stereocenters. The van der Waals surface area contributed by atoms with E-state index < -0.39 is 9.71 Å². The lowest BCUT2D eigenvalue weighted by Gasteiger charge is -2.21. The number of aliphatic hydroxyl groups is 1. The second-order valence-corrected chi connectivity index (χ2v) is 4.21. The highest BCUT2D eigenvalue weighted by molar-refractivity contribution is 6.55. The average molecular weight is 226 g/mol. The van der Waals surface area contributed by atoms with Crippen molar-refractivity contribution >= 4 is 46.4 Å². The molecule has 0 saturated heterocycles. The van der Waals surface area contributed by atoms with Gasteiger partial charge in [-0.3, -0.25) is 0 Å². The molecule has 0 heterocycles. The lowest BCUT2D eigenvalue weighted by molar-refractivity contribution is 0.284. The first-order valence-corrected chi connectivity index (χ1v) is 4.46. The Morgan fingerprint density at radius 1 is 1.40 bits per heavy atom. The molecule has 1 N–H and O–H groups in total. The van der Waals surface area contributed by atoms with Gasteiger partial charge in [-0.2, -0.15) is 0 Å². The van der Waals surface area contributed by atoms with Gasteiger partial charge in [0.25, 0.3) is 0 Å². The highest BCUT2D eigenvalue weighted by atomic mass is 35.5. The fraction of sp³-hybridized carbons (Fsp3) is 1.00. The van der Waals surface area contributed by atoms with Crippen LogP contribution in [0.15, 0.2) is 0 Å². The summed E-state index contributed by atoms with van der Waals surface area (Å²) in [4.78, 5) is 0. The van der Waals surface area contributed by atoms with E-state index in [1.165, 1.54) is 0 Å². The van der Waals surface area contributed by atoms with Gasteiger partial charge in [-0.1, -0.05) is 23.2 Å². The van der Waals surface area contributed by atoms with Gasteiger partial charge in [-0.25, -0.2) is 0 Å². The fourth-order valence-electron chi connectivity index (χ4n) is 0.408. The molecule has 0 fully saturated rings. The van der Waals surface area contributed by atoms with E-state index in [0.29, 0.717) is 6.42 Å². The van der Waals surface area contributed by atoms with Gasteiger partial charge in [0.15, 0.2) is 0 Å². The van der Waals surface area contributed by atoms with Crippen molar-refractivity contribution in [3.8, 4) is 0 Å². The Kier molecular flexibility index (Phi) is 5.44. The molecule has 1 atom stereocenters. The Balaban J connectivity index is 3.78. The summed E-state index contributed by atoms with van der Waals surface area (Å²) in [5, 5.41) is 7.95. The lowest BCUT2D eigenvalue weighted by atomic mass is 10.2. The third-order valence-electron chi connectivity index (χ3n) is 1.02. The molecule has 0 radical (unpaired) electrons. The van der Waals surface area contributed by atoms with Crippen LogP contribution in [0.3, 0.4) is 0 Å². The summed E-state index contributed by atoms with van der Waals surface area (Å²) in [6, 6.07) is 0. The van der Waals surface area contributed by atoms with Gasteiger partial charge >= 0.3 is 0 Å². The molecule has 10 heavy (non-hydrogen) atoms. The van der Waals surface area contributed by atoms with Gasteiger partial charge in [-0.15, -0.1) is 23.2 Å². The van der Waals surface area contributed by atoms with E-state index in [2.05, 4.69) is 0 Å². The van der Waals surface area contributed by atoms with E-state index in [1.807, 2.05) is 0 Å². The first-order valence-electron chi connectivity index (χ1n) is 2.73. The predicted octanol–water partition coefficient (Wildman–Crippen LogP) is 2.39. The molecule has 0 aromatic carbocycles. The van der Waals surface area contributed by atoms with Gasteiger partial charge in [0, 0.05) is 6.61 Å². The zero-order valence-corrected chi connectivity index (χ0v) is 8.18. The van der Waals surface area contributed by atoms with Crippen LogP contribution in [-0.4, -0.2) is 27.3 Å². The summed E-state index contributed by atoms with van der Waals surface area (Å²) in [6.07, 6.45) is 0.348. The summed E-state index contributed by atoms with van der Waals surface area (Å²) < 4.78 is -1.13. The Labute approximate surface area is 80.2 Å². The van der Waals surface area contributed by atoms with Crippen molar-refractivity contribution < 1.29 is 5.11 Å². The maximum atomic E-state index is 8.45. The minimum atomic E-state index is -1.13. The summed E-state index contributed by atoms with van der Waals surface area (Å²) in [5.74, 6) is 0.0598. The first-order chi connectivity index (χ1) is 4.54. The maximum Gasteiger partial charge on any atom is 0.148 e. The quantitative estimate of drug-likeness (QED) is 0.729. The van der Waals surface area contributed by atoms with Gasteiger partial charge < -0.3 is 5.11 Å². The molecule has 0 saturated carbocycles. The van der Waals surface area contributed by atoms with Crippen LogP contribution < -0.4 is 0 Å². The second kappa shape index (κ2) is 4.89. The van der Waals surface area contributed by atoms with Crippen molar-refractivity contribution in [2.45, 2.75) is 16.1 Å². The molecule has 5 heteroatoms. The third kappa shape index (κ3) is 3.49. The minimum absolute atomic E-state index is 0.0355. The Morgan fingerprint density at radius 2 is 1.90 bits per heavy atom. The molecule has 0 bridgehead atoms. The predicted molar refractivity (Wildman–Crippen MR) is 46.5 cm³/mol. The Hall–Kier alpha value is 1.12. The topological polar surface area (TPSA) is 20.2 Å². The van der Waals surface area contributed by atoms with Crippen molar-refractivity contribution in [2.24, 2.45) is 0 Å². The van der Waals surface area contributed by atoms with Crippen molar-refractivity contribution in [2.75, 3.05) is 12.5 Å². The summed E-state index contributed by atoms with van der Waals surface area (Å²) in [7, 11) is 0. The molecular weight excluding hydrogens is 218 g/mol. The van der Waals surface area contributed by atoms with E-state index in [-0.39, 0.29) is 12.5 Å². The number of hydrogen-bond acceptors (Lipinski definition) is 1. The zero-order chi connectivity index (χ0) is 8.20. The van der Waals surface area contributed by atoms with Crippen molar-refractivity contribution in [3.05, 3.63) is 0 Å². The van der Waals surface area contributed by atoms with Crippen LogP contribution in [0.5, 0.6) is 0 Å². The summed E-state index contributed by atoms with van der Waals surface area (Å²) in [5.41, 5.74) is 0. The fourth-order valence-corrected chi connectivity index (χ4v) is 1.07. The summed E-state index contributed by atoms with van der Waals surface area (Å²) in [6.45, 7) is -0.0355. The minimum Gasteiger partial charge on any atom is -0.396 e. The number of aliphatic hydroxyl groups excluding tert-OH is 1. The van der Waals surface area contributed by atoms with Crippen LogP contribution in [0.1, 0.15) is 6.42 Å². The summed E-state index contributed by atoms with van der Waals surface area (Å²) >= 11 is 22.3. The third-order valence-corrected chi connectivity index (χ3v) is 3.32. The molecule has 0 spiro atoms. The van der Waals surface area contributed by atoms with Gasteiger partial charge in [-0.05, 0) is 6.42 Å². The largest absolute Gasteiger partial charge is 0.396 e. The highest BCUT2D eigenvalue weighted by Crippen LogP contribution is 2.32. The second-order valence-electron chi connectivity index (χ2n) is 1.87. The monoisotopic (exact) mass is 224 g/mol. The maximum absolute atomic E-state index is 8.45. The van der Waals surface area contributed by atoms with Crippen molar-refractivity contribution in [1.82, 2.24) is 0 Å². The molecule has 0 amide bonds. The Bertz CT molecular complexity index is 95.6. The van der Waals surface area contributed by atoms with Crippen LogP contribution in [0.4, 0.5) is 0 Å². The highest BCUT2D eigenvalue weighted by Gasteiger charge is 2.31. The SMILES string of the molecule is OCCC(Cl)C(Cl)(Cl)CCl. The molecule has 0 aromatic heterocycles. The smallest absolute Gasteiger partial charge is 0.148 e. The van der Waals surface area contributed by atoms with Gasteiger partial charge in [0.05, 0.1) is 11.3 Å². The molecule has 0 aliphatic heterocycles. The molecule has 0 aliphatic carbocycles. The van der Waals surface area contributed by atoms with Gasteiger partial charge in [0.2, 0.25) is 0 Å². The van der Waals surface area contributed by atoms with Crippen LogP contribution in [0, 0.1) is 0 Å². The van der Waals surface area contributed by atoms with E-state index in [4.69, 9.17) is 51.5 Å². The molecular formula is C5H8Cl4O. The standard InChI is InChI=1S/C5H8Cl4O/c6-3-5(8,9)4(7)1-2-10/h4,10H,1-3H2. The van der Waals surface area contributed by atoms with Crippen LogP contribution in [0.2, 0.25) is 0 Å². The molecule has 62 valence electrons. The van der Waals surface area contributed by atoms with E-state index in [1.54, 1.807) is 0 Å². The average Bonchev–Trinajstić information content (AvgIpc) is 1.89. The van der Waals surface area contributed by atoms with Crippen molar-refractivity contribution in [3.63, 3.8) is 0 Å². The lowest BCUT2D eigenvalue weighted by Crippen LogP contribution is -2.29. The normalized spacial score (nSPS) is 15.3. The zero-order valence-electron chi connectivity index (χ0n) is 5.16. The van der Waals surface area contributed by atoms with Crippen LogP contribution >= 0.6 is 46.4 Å². The number of hydrogen-bond donors (Lipinski definition) is 1. The first kappa shape index (κ1) is 11.1. The van der Waals surface area contributed by atoms with E-state index in [0.717, 1.165) is 0 Å².